The predicted molar refractivity (Wildman–Crippen MR) is 107 cm³/mol. The molecule has 148 valence electrons. The lowest BCUT2D eigenvalue weighted by molar-refractivity contribution is 0.181. The number of nitrogens with one attached hydrogen (secondary N) is 2. The van der Waals surface area contributed by atoms with Crippen molar-refractivity contribution < 1.29 is 4.74 Å². The summed E-state index contributed by atoms with van der Waals surface area (Å²) in [6, 6.07) is 7.39. The number of aryl methyl sites for hydroxylation is 1. The van der Waals surface area contributed by atoms with Gasteiger partial charge in [0.2, 0.25) is 5.95 Å². The predicted octanol–water partition coefficient (Wildman–Crippen LogP) is 2.48. The van der Waals surface area contributed by atoms with E-state index < -0.39 is 0 Å². The molecule has 3 aromatic heterocycles. The number of nitrogens with two attached hydrogens (primary N) is 1. The van der Waals surface area contributed by atoms with Gasteiger partial charge in [0.05, 0.1) is 41.6 Å². The fourth-order valence-electron chi connectivity index (χ4n) is 2.65. The van der Waals surface area contributed by atoms with Crippen molar-refractivity contribution in [3.05, 3.63) is 65.6 Å². The van der Waals surface area contributed by atoms with E-state index in [4.69, 9.17) is 16.0 Å². The first-order valence-corrected chi connectivity index (χ1v) is 8.78. The molecule has 0 unspecified atom stereocenters. The second-order valence-electron chi connectivity index (χ2n) is 6.06. The topological polar surface area (TPSA) is 148 Å². The summed E-state index contributed by atoms with van der Waals surface area (Å²) in [6.07, 6.45) is 4.78. The standard InChI is InChI=1S/C19H21N9O/c1-12-18(24-7-6-23-12)16-8-15(26-19(20)27-16)17(28-21)10-22-9-13-4-3-5-14(25-13)11-29-2/h3-8,10,21-22H,9,11H2,1-2H3,(H2,20,26,27)/b17-10-,28-21?. The van der Waals surface area contributed by atoms with Crippen LogP contribution >= 0.6 is 0 Å². The highest BCUT2D eigenvalue weighted by molar-refractivity contribution is 5.67. The van der Waals surface area contributed by atoms with Crippen LogP contribution in [0.2, 0.25) is 0 Å². The lowest BCUT2D eigenvalue weighted by atomic mass is 10.2. The third-order valence-corrected chi connectivity index (χ3v) is 3.93. The van der Waals surface area contributed by atoms with Crippen LogP contribution in [0.5, 0.6) is 0 Å². The molecule has 3 aromatic rings. The number of methoxy groups -OCH3 is 1. The van der Waals surface area contributed by atoms with Crippen LogP contribution in [0.3, 0.4) is 0 Å². The molecule has 0 radical (unpaired) electrons. The molecule has 0 aliphatic carbocycles. The average Bonchev–Trinajstić information content (AvgIpc) is 2.72. The number of pyridine rings is 1. The Balaban J connectivity index is 1.81. The van der Waals surface area contributed by atoms with Gasteiger partial charge in [0.1, 0.15) is 11.4 Å². The van der Waals surface area contributed by atoms with Gasteiger partial charge in [0.25, 0.3) is 0 Å². The molecule has 0 spiro atoms. The van der Waals surface area contributed by atoms with Crippen LogP contribution in [-0.4, -0.2) is 32.0 Å². The molecule has 3 rings (SSSR count). The molecule has 0 fully saturated rings. The Morgan fingerprint density at radius 2 is 2.00 bits per heavy atom. The van der Waals surface area contributed by atoms with Gasteiger partial charge in [-0.15, -0.1) is 0 Å². The first-order chi connectivity index (χ1) is 14.1. The zero-order valence-electron chi connectivity index (χ0n) is 16.1. The quantitative estimate of drug-likeness (QED) is 0.496. The van der Waals surface area contributed by atoms with Gasteiger partial charge in [-0.25, -0.2) is 15.5 Å². The molecule has 0 bridgehead atoms. The van der Waals surface area contributed by atoms with Crippen molar-refractivity contribution in [2.24, 2.45) is 5.11 Å². The molecule has 0 atom stereocenters. The Bertz CT molecular complexity index is 1040. The number of hydrogen-bond acceptors (Lipinski definition) is 10. The Morgan fingerprint density at radius 3 is 2.76 bits per heavy atom. The van der Waals surface area contributed by atoms with Crippen molar-refractivity contribution in [1.82, 2.24) is 30.2 Å². The van der Waals surface area contributed by atoms with Crippen molar-refractivity contribution in [2.45, 2.75) is 20.1 Å². The highest BCUT2D eigenvalue weighted by Crippen LogP contribution is 2.22. The van der Waals surface area contributed by atoms with Crippen molar-refractivity contribution in [2.75, 3.05) is 12.8 Å². The van der Waals surface area contributed by atoms with Crippen LogP contribution in [0, 0.1) is 12.5 Å². The van der Waals surface area contributed by atoms with E-state index >= 15 is 0 Å². The molecule has 0 saturated heterocycles. The normalized spacial score (nSPS) is 11.3. The first kappa shape index (κ1) is 20.0. The van der Waals surface area contributed by atoms with Crippen molar-refractivity contribution in [3.8, 4) is 11.4 Å². The number of nitrogens with zero attached hydrogens (tertiary/aromatic N) is 6. The van der Waals surface area contributed by atoms with Gasteiger partial charge in [-0.05, 0) is 25.1 Å². The molecule has 10 nitrogen and oxygen atoms in total. The van der Waals surface area contributed by atoms with Crippen molar-refractivity contribution >= 4 is 11.6 Å². The maximum Gasteiger partial charge on any atom is 0.221 e. The molecule has 3 heterocycles. The van der Waals surface area contributed by atoms with E-state index in [-0.39, 0.29) is 5.95 Å². The number of hydrogen-bond donors (Lipinski definition) is 3. The van der Waals surface area contributed by atoms with E-state index in [1.165, 1.54) is 0 Å². The molecule has 0 aromatic carbocycles. The summed E-state index contributed by atoms with van der Waals surface area (Å²) < 4.78 is 5.10. The SMILES string of the molecule is COCc1cccc(CN/C=C(\N=N)c2cc(-c3nccnc3C)nc(N)n2)n1. The second-order valence-corrected chi connectivity index (χ2v) is 6.06. The van der Waals surface area contributed by atoms with Crippen molar-refractivity contribution in [1.29, 1.82) is 5.53 Å². The maximum absolute atomic E-state index is 7.51. The number of rotatable bonds is 8. The molecule has 4 N–H and O–H groups in total. The van der Waals surface area contributed by atoms with Gasteiger partial charge in [0.15, 0.2) is 0 Å². The Hall–Kier alpha value is -3.79. The van der Waals surface area contributed by atoms with Gasteiger partial charge in [-0.3, -0.25) is 15.0 Å². The highest BCUT2D eigenvalue weighted by atomic mass is 16.5. The fraction of sp³-hybridized carbons (Fsp3) is 0.211. The van der Waals surface area contributed by atoms with E-state index in [1.54, 1.807) is 31.8 Å². The average molecular weight is 391 g/mol. The maximum atomic E-state index is 7.51. The minimum absolute atomic E-state index is 0.0611. The van der Waals surface area contributed by atoms with Crippen LogP contribution < -0.4 is 11.1 Å². The summed E-state index contributed by atoms with van der Waals surface area (Å²) in [5, 5.41) is 6.66. The molecule has 0 aliphatic heterocycles. The van der Waals surface area contributed by atoms with E-state index in [1.807, 2.05) is 25.1 Å². The van der Waals surface area contributed by atoms with Gasteiger partial charge in [-0.2, -0.15) is 5.11 Å². The lowest BCUT2D eigenvalue weighted by Crippen LogP contribution is -2.09. The van der Waals surface area contributed by atoms with Crippen LogP contribution in [0.25, 0.3) is 17.1 Å². The molecule has 0 amide bonds. The molecule has 10 heteroatoms. The largest absolute Gasteiger partial charge is 0.383 e. The summed E-state index contributed by atoms with van der Waals surface area (Å²) in [6.45, 7) is 2.73. The smallest absolute Gasteiger partial charge is 0.221 e. The van der Waals surface area contributed by atoms with Crippen LogP contribution in [-0.2, 0) is 17.9 Å². The van der Waals surface area contributed by atoms with E-state index in [9.17, 15) is 0 Å². The monoisotopic (exact) mass is 391 g/mol. The summed E-state index contributed by atoms with van der Waals surface area (Å²) >= 11 is 0. The van der Waals surface area contributed by atoms with Gasteiger partial charge in [-0.1, -0.05) is 6.07 Å². The molecule has 0 aliphatic rings. The third-order valence-electron chi connectivity index (χ3n) is 3.93. The summed E-state index contributed by atoms with van der Waals surface area (Å²) in [7, 11) is 1.63. The van der Waals surface area contributed by atoms with Gasteiger partial charge >= 0.3 is 0 Å². The van der Waals surface area contributed by atoms with Crippen molar-refractivity contribution in [3.63, 3.8) is 0 Å². The number of nitrogen functional groups attached to an aromatic ring is 1. The molecular formula is C19H21N9O. The van der Waals surface area contributed by atoms with Gasteiger partial charge in [0, 0.05) is 25.7 Å². The van der Waals surface area contributed by atoms with Crippen LogP contribution in [0.15, 0.2) is 48.0 Å². The Labute approximate surface area is 167 Å². The van der Waals surface area contributed by atoms with E-state index in [2.05, 4.69) is 35.4 Å². The third kappa shape index (κ3) is 5.14. The Kier molecular flexibility index (Phi) is 6.48. The van der Waals surface area contributed by atoms with E-state index in [0.717, 1.165) is 11.4 Å². The Morgan fingerprint density at radius 1 is 1.21 bits per heavy atom. The number of aromatic nitrogens is 5. The lowest BCUT2D eigenvalue weighted by Gasteiger charge is -2.08. The second kappa shape index (κ2) is 9.42. The zero-order valence-corrected chi connectivity index (χ0v) is 16.1. The van der Waals surface area contributed by atoms with Crippen LogP contribution in [0.1, 0.15) is 22.8 Å². The summed E-state index contributed by atoms with van der Waals surface area (Å²) in [4.78, 5) is 21.4. The minimum atomic E-state index is 0.0611. The number of ether oxygens (including phenoxy) is 1. The van der Waals surface area contributed by atoms with Gasteiger partial charge < -0.3 is 15.8 Å². The van der Waals surface area contributed by atoms with E-state index in [0.29, 0.717) is 41.6 Å². The molecule has 29 heavy (non-hydrogen) atoms. The molecular weight excluding hydrogens is 370 g/mol. The van der Waals surface area contributed by atoms with Crippen LogP contribution in [0.4, 0.5) is 5.95 Å². The summed E-state index contributed by atoms with van der Waals surface area (Å²) in [5.74, 6) is 0.0611. The minimum Gasteiger partial charge on any atom is -0.383 e. The fourth-order valence-corrected chi connectivity index (χ4v) is 2.65. The number of anilines is 1. The molecule has 0 saturated carbocycles. The highest BCUT2D eigenvalue weighted by Gasteiger charge is 2.12. The first-order valence-electron chi connectivity index (χ1n) is 8.78. The summed E-state index contributed by atoms with van der Waals surface area (Å²) in [5.41, 5.74) is 17.6. The zero-order chi connectivity index (χ0) is 20.6.